The predicted molar refractivity (Wildman–Crippen MR) is 145 cm³/mol. The molecule has 0 saturated carbocycles. The average molecular weight is 542 g/mol. The number of hydrogen-bond acceptors (Lipinski definition) is 3. The number of hydrogen-bond donors (Lipinski definition) is 2. The number of halogens is 3. The zero-order valence-electron chi connectivity index (χ0n) is 22.0. The van der Waals surface area contributed by atoms with Crippen LogP contribution in [0.2, 0.25) is 0 Å². The van der Waals surface area contributed by atoms with E-state index in [0.29, 0.717) is 23.7 Å². The molecule has 3 aromatic rings. The van der Waals surface area contributed by atoms with E-state index >= 15 is 0 Å². The molecule has 8 heteroatoms. The van der Waals surface area contributed by atoms with Crippen molar-refractivity contribution in [3.63, 3.8) is 0 Å². The Morgan fingerprint density at radius 2 is 1.51 bits per heavy atom. The van der Waals surface area contributed by atoms with Crippen molar-refractivity contribution in [1.82, 2.24) is 5.32 Å². The van der Waals surface area contributed by atoms with E-state index in [4.69, 9.17) is 9.84 Å². The van der Waals surface area contributed by atoms with E-state index in [0.717, 1.165) is 61.1 Å². The van der Waals surface area contributed by atoms with Gasteiger partial charge in [-0.05, 0) is 84.7 Å². The van der Waals surface area contributed by atoms with Gasteiger partial charge in [-0.25, -0.2) is 0 Å². The summed E-state index contributed by atoms with van der Waals surface area (Å²) >= 11 is 0. The summed E-state index contributed by atoms with van der Waals surface area (Å²) in [6, 6.07) is 19.9. The number of carbonyl (C=O) groups excluding carboxylic acids is 1. The van der Waals surface area contributed by atoms with Crippen LogP contribution in [-0.2, 0) is 17.4 Å². The first kappa shape index (κ1) is 29.7. The molecule has 0 saturated heterocycles. The van der Waals surface area contributed by atoms with Crippen LogP contribution in [0.3, 0.4) is 0 Å². The molecule has 2 N–H and O–H groups in total. The number of carboxylic acids is 1. The molecular weight excluding hydrogens is 507 g/mol. The van der Waals surface area contributed by atoms with Crippen molar-refractivity contribution in [2.24, 2.45) is 5.92 Å². The lowest BCUT2D eigenvalue weighted by Crippen LogP contribution is -2.25. The van der Waals surface area contributed by atoms with Crippen LogP contribution in [0.4, 0.5) is 13.2 Å². The maximum atomic E-state index is 12.8. The van der Waals surface area contributed by atoms with Gasteiger partial charge < -0.3 is 15.2 Å². The minimum atomic E-state index is -4.35. The molecule has 0 aliphatic carbocycles. The molecule has 0 aliphatic rings. The molecule has 3 aromatic carbocycles. The van der Waals surface area contributed by atoms with E-state index in [1.807, 2.05) is 36.4 Å². The fraction of sp³-hybridized carbons (Fsp3) is 0.355. The molecule has 5 nitrogen and oxygen atoms in total. The topological polar surface area (TPSA) is 75.6 Å². The predicted octanol–water partition coefficient (Wildman–Crippen LogP) is 7.39. The molecule has 1 unspecified atom stereocenters. The molecule has 0 aliphatic heterocycles. The lowest BCUT2D eigenvalue weighted by atomic mass is 9.96. The van der Waals surface area contributed by atoms with Gasteiger partial charge >= 0.3 is 12.1 Å². The molecule has 0 spiro atoms. The van der Waals surface area contributed by atoms with E-state index in [2.05, 4.69) is 12.2 Å². The minimum absolute atomic E-state index is 0.0973. The van der Waals surface area contributed by atoms with Gasteiger partial charge in [-0.3, -0.25) is 9.59 Å². The highest BCUT2D eigenvalue weighted by atomic mass is 19.4. The SMILES string of the molecule is CCCC(CCCc1ccc(C(=O)NCCC(=O)O)cc1)COc1ccc(-c2ccc(C(F)(F)F)cc2)cc1. The lowest BCUT2D eigenvalue weighted by Gasteiger charge is -2.17. The normalized spacial score (nSPS) is 12.1. The number of aliphatic carboxylic acids is 1. The second-order valence-electron chi connectivity index (χ2n) is 9.55. The largest absolute Gasteiger partial charge is 0.493 e. The summed E-state index contributed by atoms with van der Waals surface area (Å²) in [7, 11) is 0. The standard InChI is InChI=1S/C31H34F3NO4/c1-2-4-23(6-3-5-22-7-9-26(10-8-22)30(38)35-20-19-29(36)37)21-39-28-17-13-25(14-18-28)24-11-15-27(16-12-24)31(32,33)34/h7-18,23H,2-6,19-21H2,1H3,(H,35,38)(H,36,37). The van der Waals surface area contributed by atoms with Gasteiger partial charge in [0.2, 0.25) is 0 Å². The smallest absolute Gasteiger partial charge is 0.416 e. The van der Waals surface area contributed by atoms with E-state index in [1.165, 1.54) is 12.1 Å². The Morgan fingerprint density at radius 3 is 2.08 bits per heavy atom. The van der Waals surface area contributed by atoms with Gasteiger partial charge in [-0.1, -0.05) is 49.7 Å². The summed E-state index contributed by atoms with van der Waals surface area (Å²) in [5.74, 6) is -0.116. The Labute approximate surface area is 227 Å². The van der Waals surface area contributed by atoms with Crippen LogP contribution in [-0.4, -0.2) is 30.1 Å². The van der Waals surface area contributed by atoms with Crippen LogP contribution in [0.15, 0.2) is 72.8 Å². The summed E-state index contributed by atoms with van der Waals surface area (Å²) in [6.07, 6.45) is 0.481. The highest BCUT2D eigenvalue weighted by Gasteiger charge is 2.29. The van der Waals surface area contributed by atoms with Crippen molar-refractivity contribution < 1.29 is 32.6 Å². The monoisotopic (exact) mass is 541 g/mol. The van der Waals surface area contributed by atoms with E-state index < -0.39 is 17.7 Å². The summed E-state index contributed by atoms with van der Waals surface area (Å²) in [5, 5.41) is 11.3. The number of carbonyl (C=O) groups is 2. The Bertz CT molecular complexity index is 1190. The molecule has 0 radical (unpaired) electrons. The van der Waals surface area contributed by atoms with Crippen LogP contribution in [0.5, 0.6) is 5.75 Å². The first-order valence-electron chi connectivity index (χ1n) is 13.1. The third-order valence-electron chi connectivity index (χ3n) is 6.50. The number of rotatable bonds is 14. The highest BCUT2D eigenvalue weighted by molar-refractivity contribution is 5.94. The average Bonchev–Trinajstić information content (AvgIpc) is 2.92. The third-order valence-corrected chi connectivity index (χ3v) is 6.50. The zero-order valence-corrected chi connectivity index (χ0v) is 22.0. The van der Waals surface area contributed by atoms with Gasteiger partial charge in [0.1, 0.15) is 5.75 Å². The molecule has 208 valence electrons. The molecule has 0 heterocycles. The van der Waals surface area contributed by atoms with Crippen LogP contribution < -0.4 is 10.1 Å². The molecule has 0 bridgehead atoms. The minimum Gasteiger partial charge on any atom is -0.493 e. The van der Waals surface area contributed by atoms with Crippen LogP contribution in [0.25, 0.3) is 11.1 Å². The first-order chi connectivity index (χ1) is 18.7. The number of alkyl halides is 3. The fourth-order valence-corrected chi connectivity index (χ4v) is 4.33. The quantitative estimate of drug-likeness (QED) is 0.223. The highest BCUT2D eigenvalue weighted by Crippen LogP contribution is 2.31. The summed E-state index contributed by atoms with van der Waals surface area (Å²) in [5.41, 5.74) is 2.51. The van der Waals surface area contributed by atoms with Gasteiger partial charge in [0.25, 0.3) is 5.91 Å². The number of carboxylic acid groups (broad SMARTS) is 1. The van der Waals surface area contributed by atoms with Crippen molar-refractivity contribution in [1.29, 1.82) is 0 Å². The van der Waals surface area contributed by atoms with E-state index in [1.54, 1.807) is 12.1 Å². The molecular formula is C31H34F3NO4. The zero-order chi connectivity index (χ0) is 28.3. The van der Waals surface area contributed by atoms with Gasteiger partial charge in [0, 0.05) is 12.1 Å². The van der Waals surface area contributed by atoms with E-state index in [-0.39, 0.29) is 18.9 Å². The number of benzene rings is 3. The Balaban J connectivity index is 1.45. The lowest BCUT2D eigenvalue weighted by molar-refractivity contribution is -0.138. The Morgan fingerprint density at radius 1 is 0.897 bits per heavy atom. The molecule has 0 fully saturated rings. The molecule has 1 amide bonds. The maximum Gasteiger partial charge on any atom is 0.416 e. The van der Waals surface area contributed by atoms with Crippen molar-refractivity contribution in [3.8, 4) is 16.9 Å². The Hall–Kier alpha value is -3.81. The maximum absolute atomic E-state index is 12.8. The molecule has 39 heavy (non-hydrogen) atoms. The van der Waals surface area contributed by atoms with Crippen molar-refractivity contribution in [2.75, 3.05) is 13.2 Å². The number of nitrogens with one attached hydrogen (secondary N) is 1. The number of aryl methyl sites for hydroxylation is 1. The second-order valence-corrected chi connectivity index (χ2v) is 9.55. The van der Waals surface area contributed by atoms with Crippen molar-refractivity contribution in [3.05, 3.63) is 89.5 Å². The van der Waals surface area contributed by atoms with Crippen LogP contribution in [0, 0.1) is 5.92 Å². The second kappa shape index (κ2) is 14.4. The van der Waals surface area contributed by atoms with Gasteiger partial charge in [-0.2, -0.15) is 13.2 Å². The van der Waals surface area contributed by atoms with E-state index in [9.17, 15) is 22.8 Å². The third kappa shape index (κ3) is 9.78. The molecule has 1 atom stereocenters. The number of ether oxygens (including phenoxy) is 1. The van der Waals surface area contributed by atoms with Gasteiger partial charge in [0.05, 0.1) is 18.6 Å². The van der Waals surface area contributed by atoms with Crippen molar-refractivity contribution in [2.45, 2.75) is 51.6 Å². The van der Waals surface area contributed by atoms with Crippen LogP contribution >= 0.6 is 0 Å². The molecule has 3 rings (SSSR count). The fourth-order valence-electron chi connectivity index (χ4n) is 4.33. The van der Waals surface area contributed by atoms with Gasteiger partial charge in [0.15, 0.2) is 0 Å². The molecule has 0 aromatic heterocycles. The summed E-state index contributed by atoms with van der Waals surface area (Å²) in [4.78, 5) is 22.7. The summed E-state index contributed by atoms with van der Waals surface area (Å²) in [6.45, 7) is 2.83. The van der Waals surface area contributed by atoms with Crippen LogP contribution in [0.1, 0.15) is 60.5 Å². The Kier molecular flexibility index (Phi) is 11.0. The van der Waals surface area contributed by atoms with Gasteiger partial charge in [-0.15, -0.1) is 0 Å². The summed E-state index contributed by atoms with van der Waals surface area (Å²) < 4.78 is 44.4. The van der Waals surface area contributed by atoms with Crippen molar-refractivity contribution >= 4 is 11.9 Å². The number of amides is 1. The first-order valence-corrected chi connectivity index (χ1v) is 13.1.